The molecule has 2 aromatic rings. The molecule has 0 saturated carbocycles. The molecule has 0 amide bonds. The highest BCUT2D eigenvalue weighted by Gasteiger charge is 2.19. The Hall–Kier alpha value is -2.82. The number of halogens is 1. The molecule has 2 heterocycles. The van der Waals surface area contributed by atoms with Crippen LogP contribution in [-0.2, 0) is 9.47 Å². The van der Waals surface area contributed by atoms with Crippen molar-refractivity contribution in [1.29, 1.82) is 0 Å². The van der Waals surface area contributed by atoms with Gasteiger partial charge < -0.3 is 18.9 Å². The lowest BCUT2D eigenvalue weighted by Crippen LogP contribution is -2.27. The number of alkyl halides is 1. The zero-order chi connectivity index (χ0) is 23.7. The van der Waals surface area contributed by atoms with E-state index in [1.165, 1.54) is 18.7 Å². The van der Waals surface area contributed by atoms with Crippen LogP contribution in [0.15, 0.2) is 37.4 Å². The van der Waals surface area contributed by atoms with E-state index >= 15 is 0 Å². The molecular weight excluding hydrogens is 496 g/mol. The maximum atomic E-state index is 11.6. The lowest BCUT2D eigenvalue weighted by atomic mass is 10.2. The highest BCUT2D eigenvalue weighted by atomic mass is 79.9. The summed E-state index contributed by atoms with van der Waals surface area (Å²) >= 11 is 3.23. The lowest BCUT2D eigenvalue weighted by Gasteiger charge is -2.18. The topological polar surface area (TPSA) is 107 Å². The number of carbonyl (C=O) groups is 2. The van der Waals surface area contributed by atoms with E-state index < -0.39 is 23.4 Å². The van der Waals surface area contributed by atoms with Gasteiger partial charge in [-0.2, -0.15) is 9.36 Å². The molecule has 2 aromatic heterocycles. The minimum atomic E-state index is -0.540. The second-order valence-corrected chi connectivity index (χ2v) is 8.77. The molecule has 0 saturated heterocycles. The summed E-state index contributed by atoms with van der Waals surface area (Å²) < 4.78 is 22.5. The summed E-state index contributed by atoms with van der Waals surface area (Å²) in [6, 6.07) is 3.16. The Labute approximate surface area is 205 Å². The van der Waals surface area contributed by atoms with Gasteiger partial charge in [0.1, 0.15) is 11.2 Å². The summed E-state index contributed by atoms with van der Waals surface area (Å²) in [5.74, 6) is 0.709. The lowest BCUT2D eigenvalue weighted by molar-refractivity contribution is 0.0501. The number of aromatic nitrogens is 4. The van der Waals surface area contributed by atoms with Crippen molar-refractivity contribution in [2.24, 2.45) is 0 Å². The van der Waals surface area contributed by atoms with Crippen molar-refractivity contribution >= 4 is 28.1 Å². The zero-order valence-electron chi connectivity index (χ0n) is 18.6. The summed E-state index contributed by atoms with van der Waals surface area (Å²) in [6.07, 6.45) is 3.16. The van der Waals surface area contributed by atoms with Crippen LogP contribution in [0.5, 0.6) is 11.8 Å². The fourth-order valence-electron chi connectivity index (χ4n) is 1.80. The molecule has 0 aromatic carbocycles. The van der Waals surface area contributed by atoms with Gasteiger partial charge in [-0.1, -0.05) is 37.4 Å². The first kappa shape index (κ1) is 32.4. The van der Waals surface area contributed by atoms with Gasteiger partial charge in [-0.25, -0.2) is 9.59 Å². The Kier molecular flexibility index (Phi) is 14.1. The fraction of sp³-hybridized carbons (Fsp3) is 0.545. The minimum absolute atomic E-state index is 0. The normalized spacial score (nSPS) is 10.4. The SMILES string of the molecule is C.C.C=COc1ccn(C(=O)OC(C)(C)C)n1.CC(C)(C)OC(=O)n1ccc(OCCBr)n1. The molecule has 0 fully saturated rings. The predicted molar refractivity (Wildman–Crippen MR) is 131 cm³/mol. The van der Waals surface area contributed by atoms with E-state index in [1.54, 1.807) is 53.7 Å². The maximum Gasteiger partial charge on any atom is 0.435 e. The average molecular weight is 533 g/mol. The highest BCUT2D eigenvalue weighted by Crippen LogP contribution is 2.12. The molecule has 11 heteroatoms. The van der Waals surface area contributed by atoms with Crippen LogP contribution in [0.3, 0.4) is 0 Å². The molecule has 0 aliphatic rings. The maximum absolute atomic E-state index is 11.6. The molecule has 188 valence electrons. The first-order chi connectivity index (χ1) is 14.3. The van der Waals surface area contributed by atoms with Crippen molar-refractivity contribution in [2.75, 3.05) is 11.9 Å². The van der Waals surface area contributed by atoms with E-state index in [0.29, 0.717) is 23.7 Å². The molecule has 0 spiro atoms. The van der Waals surface area contributed by atoms with Crippen molar-refractivity contribution in [2.45, 2.75) is 67.6 Å². The molecule has 0 radical (unpaired) electrons. The Morgan fingerprint density at radius 3 is 1.76 bits per heavy atom. The third-order valence-electron chi connectivity index (χ3n) is 2.82. The third-order valence-corrected chi connectivity index (χ3v) is 3.15. The molecule has 0 aliphatic heterocycles. The van der Waals surface area contributed by atoms with Crippen LogP contribution >= 0.6 is 15.9 Å². The van der Waals surface area contributed by atoms with Crippen molar-refractivity contribution in [3.63, 3.8) is 0 Å². The van der Waals surface area contributed by atoms with E-state index in [2.05, 4.69) is 32.7 Å². The van der Waals surface area contributed by atoms with Crippen molar-refractivity contribution in [3.05, 3.63) is 37.4 Å². The van der Waals surface area contributed by atoms with E-state index in [-0.39, 0.29) is 14.9 Å². The van der Waals surface area contributed by atoms with E-state index in [0.717, 1.165) is 9.36 Å². The van der Waals surface area contributed by atoms with Gasteiger partial charge in [-0.15, -0.1) is 10.2 Å². The number of ether oxygens (including phenoxy) is 4. The first-order valence-corrected chi connectivity index (χ1v) is 10.5. The molecule has 0 unspecified atom stereocenters. The molecule has 0 N–H and O–H groups in total. The van der Waals surface area contributed by atoms with E-state index in [1.807, 2.05) is 0 Å². The quantitative estimate of drug-likeness (QED) is 0.345. The number of hydrogen-bond donors (Lipinski definition) is 0. The Bertz CT molecular complexity index is 865. The van der Waals surface area contributed by atoms with Crippen LogP contribution in [0.4, 0.5) is 9.59 Å². The molecular formula is C22H37BrN4O6. The van der Waals surface area contributed by atoms with Gasteiger partial charge in [0.15, 0.2) is 0 Å². The smallest absolute Gasteiger partial charge is 0.435 e. The second-order valence-electron chi connectivity index (χ2n) is 7.98. The summed E-state index contributed by atoms with van der Waals surface area (Å²) in [7, 11) is 0. The zero-order valence-corrected chi connectivity index (χ0v) is 20.2. The van der Waals surface area contributed by atoms with Crippen LogP contribution in [-0.4, -0.2) is 54.9 Å². The summed E-state index contributed by atoms with van der Waals surface area (Å²) in [6.45, 7) is 14.7. The van der Waals surface area contributed by atoms with Gasteiger partial charge in [-0.3, -0.25) is 0 Å². The number of rotatable bonds is 5. The molecule has 10 nitrogen and oxygen atoms in total. The van der Waals surface area contributed by atoms with Gasteiger partial charge >= 0.3 is 12.2 Å². The summed E-state index contributed by atoms with van der Waals surface area (Å²) in [5, 5.41) is 8.48. The monoisotopic (exact) mass is 532 g/mol. The molecule has 0 bridgehead atoms. The molecule has 2 rings (SSSR count). The van der Waals surface area contributed by atoms with Crippen molar-refractivity contribution in [1.82, 2.24) is 19.6 Å². The molecule has 0 atom stereocenters. The highest BCUT2D eigenvalue weighted by molar-refractivity contribution is 9.09. The first-order valence-electron chi connectivity index (χ1n) is 9.39. The van der Waals surface area contributed by atoms with Crippen LogP contribution in [0, 0.1) is 0 Å². The standard InChI is InChI=1S/C10H15BrN2O3.C10H14N2O3.2CH4/c1-10(2,3)16-9(14)13-6-4-8(12-13)15-7-5-11;1-5-14-8-6-7-12(11-8)9(13)15-10(2,3)4;;/h4,6H,5,7H2,1-3H3;5-7H,1H2,2-4H3;2*1H4. The predicted octanol–water partition coefficient (Wildman–Crippen LogP) is 5.90. The van der Waals surface area contributed by atoms with Crippen molar-refractivity contribution in [3.8, 4) is 11.8 Å². The van der Waals surface area contributed by atoms with Crippen LogP contribution < -0.4 is 9.47 Å². The average Bonchev–Trinajstić information content (AvgIpc) is 3.27. The second kappa shape index (κ2) is 14.4. The molecule has 33 heavy (non-hydrogen) atoms. The number of hydrogen-bond acceptors (Lipinski definition) is 8. The Morgan fingerprint density at radius 2 is 1.36 bits per heavy atom. The third kappa shape index (κ3) is 13.4. The van der Waals surface area contributed by atoms with Crippen LogP contribution in [0.25, 0.3) is 0 Å². The Morgan fingerprint density at radius 1 is 0.939 bits per heavy atom. The van der Waals surface area contributed by atoms with E-state index in [4.69, 9.17) is 18.9 Å². The Balaban J connectivity index is 0. The van der Waals surface area contributed by atoms with Crippen LogP contribution in [0.2, 0.25) is 0 Å². The summed E-state index contributed by atoms with van der Waals surface area (Å²) in [5.41, 5.74) is -1.07. The minimum Gasteiger partial charge on any atom is -0.476 e. The van der Waals surface area contributed by atoms with Gasteiger partial charge in [-0.05, 0) is 41.5 Å². The van der Waals surface area contributed by atoms with Gasteiger partial charge in [0.25, 0.3) is 0 Å². The fourth-order valence-corrected chi connectivity index (χ4v) is 1.97. The number of carbonyl (C=O) groups excluding carboxylic acids is 2. The van der Waals surface area contributed by atoms with E-state index in [9.17, 15) is 9.59 Å². The summed E-state index contributed by atoms with van der Waals surface area (Å²) in [4.78, 5) is 23.0. The van der Waals surface area contributed by atoms with Gasteiger partial charge in [0.05, 0.1) is 12.9 Å². The number of nitrogens with zero attached hydrogens (tertiary/aromatic N) is 4. The van der Waals surface area contributed by atoms with Gasteiger partial charge in [0.2, 0.25) is 11.8 Å². The van der Waals surface area contributed by atoms with Crippen molar-refractivity contribution < 1.29 is 28.5 Å². The molecule has 0 aliphatic carbocycles. The van der Waals surface area contributed by atoms with Crippen LogP contribution in [0.1, 0.15) is 56.4 Å². The largest absolute Gasteiger partial charge is 0.476 e. The van der Waals surface area contributed by atoms with Gasteiger partial charge in [0, 0.05) is 29.9 Å².